The van der Waals surface area contributed by atoms with Crippen molar-refractivity contribution in [1.29, 1.82) is 0 Å². The molecule has 2 rings (SSSR count). The highest BCUT2D eigenvalue weighted by Crippen LogP contribution is 2.32. The number of aliphatic hydroxyl groups is 2. The van der Waals surface area contributed by atoms with Gasteiger partial charge >= 0.3 is 5.97 Å². The molecule has 0 spiro atoms. The van der Waals surface area contributed by atoms with E-state index in [1.54, 1.807) is 0 Å². The number of halogens is 1. The van der Waals surface area contributed by atoms with Crippen molar-refractivity contribution in [3.63, 3.8) is 0 Å². The maximum Gasteiger partial charge on any atom is 0.343 e. The normalized spacial score (nSPS) is 13.2. The van der Waals surface area contributed by atoms with Gasteiger partial charge in [-0.15, -0.1) is 0 Å². The number of carbonyl (C=O) groups is 1. The third-order valence-corrected chi connectivity index (χ3v) is 3.74. The second kappa shape index (κ2) is 8.14. The monoisotopic (exact) mass is 352 g/mol. The van der Waals surface area contributed by atoms with Crippen LogP contribution in [0.3, 0.4) is 0 Å². The highest BCUT2D eigenvalue weighted by molar-refractivity contribution is 7.80. The van der Waals surface area contributed by atoms with Crippen LogP contribution in [0.25, 0.3) is 0 Å². The first kappa shape index (κ1) is 18.3. The maximum atomic E-state index is 12.9. The Labute approximate surface area is 144 Å². The third kappa shape index (κ3) is 4.25. The predicted octanol–water partition coefficient (Wildman–Crippen LogP) is 2.38. The summed E-state index contributed by atoms with van der Waals surface area (Å²) in [6.45, 7) is 0. The van der Waals surface area contributed by atoms with Crippen LogP contribution < -0.4 is 9.47 Å². The maximum absolute atomic E-state index is 12.9. The number of carbonyl (C=O) groups excluding carboxylic acids is 1. The Bertz CT molecular complexity index is 705. The van der Waals surface area contributed by atoms with E-state index in [9.17, 15) is 19.4 Å². The van der Waals surface area contributed by atoms with E-state index >= 15 is 0 Å². The lowest BCUT2D eigenvalue weighted by molar-refractivity contribution is 0.0336. The molecule has 0 amide bonds. The van der Waals surface area contributed by atoms with Gasteiger partial charge in [-0.25, -0.2) is 9.18 Å². The van der Waals surface area contributed by atoms with Gasteiger partial charge in [0.2, 0.25) is 0 Å². The molecule has 0 aliphatic heterocycles. The quantitative estimate of drug-likeness (QED) is 0.423. The molecule has 0 aliphatic carbocycles. The fourth-order valence-electron chi connectivity index (χ4n) is 2.02. The van der Waals surface area contributed by atoms with Crippen molar-refractivity contribution in [2.75, 3.05) is 12.9 Å². The number of benzene rings is 2. The molecule has 0 saturated carbocycles. The SMILES string of the molecule is COc1cc(C(O)C(O)CS)ccc1OC(=O)c1ccc(F)cc1. The van der Waals surface area contributed by atoms with E-state index in [0.717, 1.165) is 12.1 Å². The van der Waals surface area contributed by atoms with Gasteiger partial charge in [0.15, 0.2) is 11.5 Å². The zero-order chi connectivity index (χ0) is 17.7. The summed E-state index contributed by atoms with van der Waals surface area (Å²) in [7, 11) is 1.38. The zero-order valence-corrected chi connectivity index (χ0v) is 13.7. The topological polar surface area (TPSA) is 76.0 Å². The Hall–Kier alpha value is -2.09. The van der Waals surface area contributed by atoms with E-state index in [1.165, 1.54) is 37.4 Å². The lowest BCUT2D eigenvalue weighted by atomic mass is 10.0. The van der Waals surface area contributed by atoms with Crippen LogP contribution in [0, 0.1) is 5.82 Å². The van der Waals surface area contributed by atoms with Crippen molar-refractivity contribution in [2.24, 2.45) is 0 Å². The van der Waals surface area contributed by atoms with Crippen molar-refractivity contribution < 1.29 is 28.9 Å². The molecule has 0 heterocycles. The number of methoxy groups -OCH3 is 1. The molecule has 128 valence electrons. The fraction of sp³-hybridized carbons (Fsp3) is 0.235. The molecule has 0 aromatic heterocycles. The lowest BCUT2D eigenvalue weighted by Gasteiger charge is -2.18. The van der Waals surface area contributed by atoms with Crippen LogP contribution in [-0.4, -0.2) is 35.1 Å². The summed E-state index contributed by atoms with van der Waals surface area (Å²) in [4.78, 5) is 12.1. The molecule has 2 aromatic carbocycles. The largest absolute Gasteiger partial charge is 0.493 e. The Kier molecular flexibility index (Phi) is 6.19. The highest BCUT2D eigenvalue weighted by atomic mass is 32.1. The molecule has 2 N–H and O–H groups in total. The van der Waals surface area contributed by atoms with Crippen LogP contribution in [0.15, 0.2) is 42.5 Å². The summed E-state index contributed by atoms with van der Waals surface area (Å²) < 4.78 is 23.3. The van der Waals surface area contributed by atoms with Crippen molar-refractivity contribution in [1.82, 2.24) is 0 Å². The fourth-order valence-corrected chi connectivity index (χ4v) is 2.22. The molecule has 2 unspecified atom stereocenters. The lowest BCUT2D eigenvalue weighted by Crippen LogP contribution is -2.19. The van der Waals surface area contributed by atoms with Gasteiger partial charge in [-0.3, -0.25) is 0 Å². The summed E-state index contributed by atoms with van der Waals surface area (Å²) in [6, 6.07) is 9.36. The Morgan fingerprint density at radius 3 is 2.42 bits per heavy atom. The van der Waals surface area contributed by atoms with Crippen LogP contribution in [-0.2, 0) is 0 Å². The minimum absolute atomic E-state index is 0.0881. The molecule has 0 bridgehead atoms. The number of hydrogen-bond donors (Lipinski definition) is 3. The number of thiol groups is 1. The minimum atomic E-state index is -1.14. The van der Waals surface area contributed by atoms with Gasteiger partial charge in [-0.05, 0) is 42.0 Å². The molecule has 2 atom stereocenters. The molecular formula is C17H17FO5S. The van der Waals surface area contributed by atoms with E-state index in [1.807, 2.05) is 0 Å². The van der Waals surface area contributed by atoms with Crippen LogP contribution in [0.2, 0.25) is 0 Å². The molecule has 0 aliphatic rings. The highest BCUT2D eigenvalue weighted by Gasteiger charge is 2.20. The van der Waals surface area contributed by atoms with E-state index in [-0.39, 0.29) is 22.8 Å². The first-order chi connectivity index (χ1) is 11.5. The molecular weight excluding hydrogens is 335 g/mol. The number of hydrogen-bond acceptors (Lipinski definition) is 6. The van der Waals surface area contributed by atoms with Gasteiger partial charge in [-0.2, -0.15) is 12.6 Å². The van der Waals surface area contributed by atoms with Gasteiger partial charge in [0, 0.05) is 5.75 Å². The average molecular weight is 352 g/mol. The smallest absolute Gasteiger partial charge is 0.343 e. The number of ether oxygens (including phenoxy) is 2. The molecule has 0 fully saturated rings. The van der Waals surface area contributed by atoms with E-state index in [4.69, 9.17) is 9.47 Å². The van der Waals surface area contributed by atoms with Gasteiger partial charge in [0.05, 0.1) is 18.8 Å². The molecule has 7 heteroatoms. The summed E-state index contributed by atoms with van der Waals surface area (Å²) in [5.74, 6) is -0.677. The molecule has 5 nitrogen and oxygen atoms in total. The Morgan fingerprint density at radius 2 is 1.83 bits per heavy atom. The Morgan fingerprint density at radius 1 is 1.17 bits per heavy atom. The van der Waals surface area contributed by atoms with Crippen molar-refractivity contribution in [2.45, 2.75) is 12.2 Å². The third-order valence-electron chi connectivity index (χ3n) is 3.36. The molecule has 0 radical (unpaired) electrons. The summed E-state index contributed by atoms with van der Waals surface area (Å²) >= 11 is 3.93. The van der Waals surface area contributed by atoms with Crippen molar-refractivity contribution in [3.8, 4) is 11.5 Å². The molecule has 2 aromatic rings. The van der Waals surface area contributed by atoms with Gasteiger partial charge in [-0.1, -0.05) is 6.07 Å². The number of aliphatic hydroxyl groups excluding tert-OH is 2. The number of rotatable bonds is 6. The summed E-state index contributed by atoms with van der Waals surface area (Å²) in [5.41, 5.74) is 0.586. The van der Waals surface area contributed by atoms with Crippen molar-refractivity contribution in [3.05, 3.63) is 59.4 Å². The van der Waals surface area contributed by atoms with Crippen LogP contribution >= 0.6 is 12.6 Å². The van der Waals surface area contributed by atoms with E-state index in [2.05, 4.69) is 12.6 Å². The first-order valence-electron chi connectivity index (χ1n) is 7.09. The van der Waals surface area contributed by atoms with Crippen LogP contribution in [0.1, 0.15) is 22.0 Å². The first-order valence-corrected chi connectivity index (χ1v) is 7.72. The Balaban J connectivity index is 2.21. The molecule has 24 heavy (non-hydrogen) atoms. The second-order valence-electron chi connectivity index (χ2n) is 5.00. The molecule has 0 saturated heterocycles. The van der Waals surface area contributed by atoms with Crippen LogP contribution in [0.5, 0.6) is 11.5 Å². The second-order valence-corrected chi connectivity index (χ2v) is 5.37. The average Bonchev–Trinajstić information content (AvgIpc) is 2.61. The summed E-state index contributed by atoms with van der Waals surface area (Å²) in [5, 5.41) is 19.6. The van der Waals surface area contributed by atoms with E-state index < -0.39 is 24.0 Å². The van der Waals surface area contributed by atoms with Crippen LogP contribution in [0.4, 0.5) is 4.39 Å². The van der Waals surface area contributed by atoms with Gasteiger partial charge < -0.3 is 19.7 Å². The zero-order valence-electron chi connectivity index (χ0n) is 12.8. The van der Waals surface area contributed by atoms with Gasteiger partial charge in [0.1, 0.15) is 11.9 Å². The van der Waals surface area contributed by atoms with Gasteiger partial charge in [0.25, 0.3) is 0 Å². The van der Waals surface area contributed by atoms with Crippen molar-refractivity contribution >= 4 is 18.6 Å². The number of esters is 1. The minimum Gasteiger partial charge on any atom is -0.493 e. The van der Waals surface area contributed by atoms with E-state index in [0.29, 0.717) is 5.56 Å². The standard InChI is InChI=1S/C17H17FO5S/c1-22-15-8-11(16(20)13(19)9-24)4-7-14(15)23-17(21)10-2-5-12(18)6-3-10/h2-8,13,16,19-20,24H,9H2,1H3. The summed E-state index contributed by atoms with van der Waals surface area (Å²) in [6.07, 6.45) is -2.18. The predicted molar refractivity (Wildman–Crippen MR) is 89.2 cm³/mol.